The molecule has 32 valence electrons. The molecule has 0 heterocycles. The highest BCUT2D eigenvalue weighted by atomic mass is 35.5. The van der Waals surface area contributed by atoms with Crippen molar-refractivity contribution >= 4 is 22.5 Å². The predicted octanol–water partition coefficient (Wildman–Crippen LogP) is 1.06. The second-order valence-corrected chi connectivity index (χ2v) is 3.94. The Kier molecular flexibility index (Phi) is 3.22. The highest BCUT2D eigenvalue weighted by Crippen LogP contribution is 1.84. The second-order valence-electron chi connectivity index (χ2n) is 1.09. The zero-order valence-electron chi connectivity index (χ0n) is 3.49. The van der Waals surface area contributed by atoms with Gasteiger partial charge in [0.2, 0.25) is 0 Å². The summed E-state index contributed by atoms with van der Waals surface area (Å²) >= 11 is 5.35. The third-order valence-corrected chi connectivity index (χ3v) is 1.96. The lowest BCUT2D eigenvalue weighted by Crippen LogP contribution is -1.92. The predicted molar refractivity (Wildman–Crippen MR) is 29.9 cm³/mol. The quantitative estimate of drug-likeness (QED) is 0.351. The van der Waals surface area contributed by atoms with E-state index >= 15 is 0 Å². The van der Waals surface area contributed by atoms with E-state index in [1.807, 2.05) is 0 Å². The maximum absolute atomic E-state index is 5.35. The molecule has 0 aromatic carbocycles. The lowest BCUT2D eigenvalue weighted by Gasteiger charge is -1.79. The molecule has 0 aromatic heterocycles. The largest absolute Gasteiger partial charge is 0.180 e. The maximum atomic E-state index is 5.35. The van der Waals surface area contributed by atoms with Gasteiger partial charge < -0.3 is 0 Å². The van der Waals surface area contributed by atoms with E-state index in [1.54, 1.807) is 0 Å². The Morgan fingerprint density at radius 1 is 1.60 bits per heavy atom. The highest BCUT2D eigenvalue weighted by Gasteiger charge is 1.91. The van der Waals surface area contributed by atoms with Crippen molar-refractivity contribution in [2.45, 2.75) is 0 Å². The van der Waals surface area contributed by atoms with Crippen LogP contribution in [0.5, 0.6) is 0 Å². The molecular weight excluding hydrogens is 104 g/mol. The Balaban J connectivity index is 2.54. The van der Waals surface area contributed by atoms with E-state index in [4.69, 9.17) is 11.6 Å². The van der Waals surface area contributed by atoms with Gasteiger partial charge in [-0.25, -0.2) is 0 Å². The molecular formula is C3H8ClS+. The Morgan fingerprint density at radius 2 is 1.80 bits per heavy atom. The van der Waals surface area contributed by atoms with Crippen LogP contribution in [0.3, 0.4) is 0 Å². The fraction of sp³-hybridized carbons (Fsp3) is 1.00. The molecule has 5 heavy (non-hydrogen) atoms. The molecule has 2 heteroatoms. The summed E-state index contributed by atoms with van der Waals surface area (Å²) in [7, 11) is 0.443. The molecule has 0 spiro atoms. The Labute approximate surface area is 40.9 Å². The molecule has 0 amide bonds. The van der Waals surface area contributed by atoms with E-state index in [0.29, 0.717) is 10.9 Å². The Bertz CT molecular complexity index is 20.9. The number of rotatable bonds is 1. The van der Waals surface area contributed by atoms with Gasteiger partial charge in [0.1, 0.15) is 0 Å². The number of halogens is 1. The van der Waals surface area contributed by atoms with Gasteiger partial charge in [-0.05, 0) is 10.9 Å². The van der Waals surface area contributed by atoms with Crippen molar-refractivity contribution in [3.05, 3.63) is 0 Å². The third-order valence-electron chi connectivity index (χ3n) is 0.218. The molecule has 0 nitrogen and oxygen atoms in total. The summed E-state index contributed by atoms with van der Waals surface area (Å²) in [6, 6.07) is 0. The van der Waals surface area contributed by atoms with E-state index in [1.165, 1.54) is 0 Å². The molecule has 0 saturated heterocycles. The Hall–Kier alpha value is 0.640. The molecule has 0 aliphatic heterocycles. The SMILES string of the molecule is C[S+](C)CCl. The third kappa shape index (κ3) is 4.64. The van der Waals surface area contributed by atoms with E-state index in [2.05, 4.69) is 12.5 Å². The van der Waals surface area contributed by atoms with E-state index in [0.717, 1.165) is 5.21 Å². The topological polar surface area (TPSA) is 0 Å². The van der Waals surface area contributed by atoms with Gasteiger partial charge in [0.05, 0.1) is 12.5 Å². The summed E-state index contributed by atoms with van der Waals surface area (Å²) in [4.78, 5) is 0. The first-order valence-corrected chi connectivity index (χ1v) is 4.12. The zero-order chi connectivity index (χ0) is 4.28. The molecule has 0 fully saturated rings. The van der Waals surface area contributed by atoms with Crippen LogP contribution in [0.15, 0.2) is 0 Å². The van der Waals surface area contributed by atoms with E-state index in [9.17, 15) is 0 Å². The Morgan fingerprint density at radius 3 is 1.80 bits per heavy atom. The van der Waals surface area contributed by atoms with Gasteiger partial charge >= 0.3 is 0 Å². The maximum Gasteiger partial charge on any atom is 0.180 e. The summed E-state index contributed by atoms with van der Waals surface area (Å²) in [5.74, 6) is 0. The van der Waals surface area contributed by atoms with Crippen LogP contribution in [0.4, 0.5) is 0 Å². The molecule has 0 atom stereocenters. The second kappa shape index (κ2) is 2.86. The van der Waals surface area contributed by atoms with Gasteiger partial charge in [-0.3, -0.25) is 0 Å². The summed E-state index contributed by atoms with van der Waals surface area (Å²) in [6.07, 6.45) is 4.24. The zero-order valence-corrected chi connectivity index (χ0v) is 5.07. The first-order valence-electron chi connectivity index (χ1n) is 1.37. The molecule has 0 rings (SSSR count). The fourth-order valence-electron chi connectivity index (χ4n) is 0. The lowest BCUT2D eigenvalue weighted by molar-refractivity contribution is 2.07. The van der Waals surface area contributed by atoms with Crippen LogP contribution in [-0.2, 0) is 10.9 Å². The minimum atomic E-state index is 0.443. The standard InChI is InChI=1S/C3H8ClS/c1-5(2)3-4/h3H2,1-2H3/q+1. The molecule has 0 radical (unpaired) electrons. The average molecular weight is 112 g/mol. The summed E-state index contributed by atoms with van der Waals surface area (Å²) < 4.78 is 0. The fourth-order valence-corrected chi connectivity index (χ4v) is 0. The van der Waals surface area contributed by atoms with Gasteiger partial charge in [0, 0.05) is 0 Å². The smallest absolute Gasteiger partial charge is 0.0683 e. The van der Waals surface area contributed by atoms with Crippen molar-refractivity contribution in [2.75, 3.05) is 17.7 Å². The molecule has 0 saturated carbocycles. The number of alkyl halides is 1. The molecule has 0 N–H and O–H groups in total. The summed E-state index contributed by atoms with van der Waals surface area (Å²) in [6.45, 7) is 0. The monoisotopic (exact) mass is 111 g/mol. The van der Waals surface area contributed by atoms with Gasteiger partial charge in [-0.1, -0.05) is 11.6 Å². The van der Waals surface area contributed by atoms with Crippen LogP contribution in [0.1, 0.15) is 0 Å². The van der Waals surface area contributed by atoms with Gasteiger partial charge in [0.15, 0.2) is 5.21 Å². The minimum absolute atomic E-state index is 0.443. The molecule has 0 unspecified atom stereocenters. The first-order chi connectivity index (χ1) is 2.27. The van der Waals surface area contributed by atoms with Crippen molar-refractivity contribution in [3.63, 3.8) is 0 Å². The first kappa shape index (κ1) is 5.64. The van der Waals surface area contributed by atoms with Crippen LogP contribution < -0.4 is 0 Å². The van der Waals surface area contributed by atoms with Crippen molar-refractivity contribution < 1.29 is 0 Å². The summed E-state index contributed by atoms with van der Waals surface area (Å²) in [5, 5.41) is 0.806. The molecule has 0 aromatic rings. The normalized spacial score (nSPS) is 9.60. The van der Waals surface area contributed by atoms with Crippen LogP contribution in [-0.4, -0.2) is 17.7 Å². The van der Waals surface area contributed by atoms with Gasteiger partial charge in [-0.2, -0.15) is 0 Å². The molecule has 0 aliphatic rings. The number of hydrogen-bond donors (Lipinski definition) is 0. The van der Waals surface area contributed by atoms with Crippen LogP contribution >= 0.6 is 11.6 Å². The van der Waals surface area contributed by atoms with E-state index in [-0.39, 0.29) is 0 Å². The summed E-state index contributed by atoms with van der Waals surface area (Å²) in [5.41, 5.74) is 0. The minimum Gasteiger partial charge on any atom is -0.0683 e. The van der Waals surface area contributed by atoms with Crippen molar-refractivity contribution in [1.82, 2.24) is 0 Å². The van der Waals surface area contributed by atoms with Crippen LogP contribution in [0.25, 0.3) is 0 Å². The van der Waals surface area contributed by atoms with Gasteiger partial charge in [-0.15, -0.1) is 0 Å². The van der Waals surface area contributed by atoms with Crippen molar-refractivity contribution in [1.29, 1.82) is 0 Å². The average Bonchev–Trinajstić information content (AvgIpc) is 1.38. The van der Waals surface area contributed by atoms with Crippen LogP contribution in [0, 0.1) is 0 Å². The van der Waals surface area contributed by atoms with Crippen LogP contribution in [0.2, 0.25) is 0 Å². The highest BCUT2D eigenvalue weighted by molar-refractivity contribution is 7.96. The van der Waals surface area contributed by atoms with E-state index < -0.39 is 0 Å². The number of hydrogen-bond acceptors (Lipinski definition) is 0. The molecule has 0 aliphatic carbocycles. The van der Waals surface area contributed by atoms with Gasteiger partial charge in [0.25, 0.3) is 0 Å². The lowest BCUT2D eigenvalue weighted by atomic mass is 11.8. The molecule has 0 bridgehead atoms. The van der Waals surface area contributed by atoms with Crippen molar-refractivity contribution in [2.24, 2.45) is 0 Å². The van der Waals surface area contributed by atoms with Crippen molar-refractivity contribution in [3.8, 4) is 0 Å².